The van der Waals surface area contributed by atoms with Gasteiger partial charge in [0, 0.05) is 9.13 Å². The SMILES string of the molecule is CC(C)Oc1ccccc1/C=C1\SC(=O)N(Cc2ccc(I)cc2)C1=O. The van der Waals surface area contributed by atoms with E-state index in [0.29, 0.717) is 10.7 Å². The summed E-state index contributed by atoms with van der Waals surface area (Å²) in [6.07, 6.45) is 1.76. The number of ether oxygens (including phenoxy) is 1. The summed E-state index contributed by atoms with van der Waals surface area (Å²) < 4.78 is 6.90. The first-order chi connectivity index (χ1) is 12.4. The van der Waals surface area contributed by atoms with Crippen molar-refractivity contribution in [2.75, 3.05) is 0 Å². The van der Waals surface area contributed by atoms with Crippen LogP contribution in [0.5, 0.6) is 5.75 Å². The van der Waals surface area contributed by atoms with Crippen LogP contribution < -0.4 is 4.74 Å². The normalized spacial score (nSPS) is 16.0. The van der Waals surface area contributed by atoms with E-state index >= 15 is 0 Å². The summed E-state index contributed by atoms with van der Waals surface area (Å²) in [4.78, 5) is 26.7. The zero-order valence-corrected chi connectivity index (χ0v) is 17.4. The van der Waals surface area contributed by atoms with Gasteiger partial charge >= 0.3 is 0 Å². The fourth-order valence-corrected chi connectivity index (χ4v) is 3.70. The van der Waals surface area contributed by atoms with Gasteiger partial charge in [0.25, 0.3) is 11.1 Å². The molecule has 1 heterocycles. The predicted molar refractivity (Wildman–Crippen MR) is 113 cm³/mol. The minimum atomic E-state index is -0.266. The second-order valence-corrected chi connectivity index (χ2v) is 8.34. The average molecular weight is 479 g/mol. The highest BCUT2D eigenvalue weighted by Crippen LogP contribution is 2.35. The fraction of sp³-hybridized carbons (Fsp3) is 0.200. The molecule has 2 aromatic rings. The lowest BCUT2D eigenvalue weighted by atomic mass is 10.1. The third kappa shape index (κ3) is 4.48. The lowest BCUT2D eigenvalue weighted by Crippen LogP contribution is -2.27. The molecule has 6 heteroatoms. The van der Waals surface area contributed by atoms with Crippen molar-refractivity contribution in [3.63, 3.8) is 0 Å². The van der Waals surface area contributed by atoms with E-state index in [9.17, 15) is 9.59 Å². The first-order valence-electron chi connectivity index (χ1n) is 8.19. The van der Waals surface area contributed by atoms with Crippen molar-refractivity contribution in [1.82, 2.24) is 4.90 Å². The molecule has 2 amide bonds. The number of imide groups is 1. The molecule has 0 radical (unpaired) electrons. The third-order valence-electron chi connectivity index (χ3n) is 3.70. The van der Waals surface area contributed by atoms with Crippen molar-refractivity contribution in [2.24, 2.45) is 0 Å². The minimum absolute atomic E-state index is 0.0282. The molecule has 1 fully saturated rings. The highest BCUT2D eigenvalue weighted by Gasteiger charge is 2.35. The molecule has 0 N–H and O–H groups in total. The van der Waals surface area contributed by atoms with Gasteiger partial charge in [0.1, 0.15) is 5.75 Å². The number of benzene rings is 2. The molecule has 1 saturated heterocycles. The van der Waals surface area contributed by atoms with Crippen LogP contribution in [0.2, 0.25) is 0 Å². The molecule has 0 spiro atoms. The molecule has 1 aliphatic heterocycles. The Labute approximate surface area is 170 Å². The first kappa shape index (κ1) is 19.0. The van der Waals surface area contributed by atoms with E-state index in [0.717, 1.165) is 26.5 Å². The zero-order valence-electron chi connectivity index (χ0n) is 14.4. The first-order valence-corrected chi connectivity index (χ1v) is 10.1. The van der Waals surface area contributed by atoms with Crippen molar-refractivity contribution in [3.8, 4) is 5.75 Å². The quantitative estimate of drug-likeness (QED) is 0.431. The van der Waals surface area contributed by atoms with E-state index in [2.05, 4.69) is 22.6 Å². The molecule has 1 aliphatic rings. The Morgan fingerprint density at radius 3 is 2.50 bits per heavy atom. The number of hydrogen-bond donors (Lipinski definition) is 0. The summed E-state index contributed by atoms with van der Waals surface area (Å²) in [7, 11) is 0. The number of thioether (sulfide) groups is 1. The summed E-state index contributed by atoms with van der Waals surface area (Å²) in [5.74, 6) is 0.435. The number of para-hydroxylation sites is 1. The van der Waals surface area contributed by atoms with Gasteiger partial charge in [-0.3, -0.25) is 14.5 Å². The molecule has 0 aliphatic carbocycles. The number of hydrogen-bond acceptors (Lipinski definition) is 4. The molecule has 0 saturated carbocycles. The van der Waals surface area contributed by atoms with Gasteiger partial charge in [-0.25, -0.2) is 0 Å². The van der Waals surface area contributed by atoms with Crippen molar-refractivity contribution < 1.29 is 14.3 Å². The average Bonchev–Trinajstić information content (AvgIpc) is 2.85. The molecule has 0 unspecified atom stereocenters. The Hall–Kier alpha value is -1.80. The maximum Gasteiger partial charge on any atom is 0.293 e. The van der Waals surface area contributed by atoms with Crippen molar-refractivity contribution in [1.29, 1.82) is 0 Å². The largest absolute Gasteiger partial charge is 0.490 e. The van der Waals surface area contributed by atoms with E-state index < -0.39 is 0 Å². The van der Waals surface area contributed by atoms with Crippen LogP contribution >= 0.6 is 34.4 Å². The molecule has 0 aromatic heterocycles. The molecule has 4 nitrogen and oxygen atoms in total. The molecule has 0 bridgehead atoms. The summed E-state index contributed by atoms with van der Waals surface area (Å²) in [6.45, 7) is 4.18. The van der Waals surface area contributed by atoms with Crippen molar-refractivity contribution >= 4 is 51.6 Å². The Morgan fingerprint density at radius 2 is 1.81 bits per heavy atom. The van der Waals surface area contributed by atoms with Crippen LogP contribution in [0.25, 0.3) is 6.08 Å². The van der Waals surface area contributed by atoms with Crippen LogP contribution in [0.3, 0.4) is 0 Å². The summed E-state index contributed by atoms with van der Waals surface area (Å²) in [5, 5.41) is -0.248. The van der Waals surface area contributed by atoms with Gasteiger partial charge in [0.15, 0.2) is 0 Å². The van der Waals surface area contributed by atoms with E-state index in [-0.39, 0.29) is 23.8 Å². The number of amides is 2. The summed E-state index contributed by atoms with van der Waals surface area (Å²) in [5.41, 5.74) is 1.72. The Balaban J connectivity index is 1.82. The summed E-state index contributed by atoms with van der Waals surface area (Å²) >= 11 is 3.19. The monoisotopic (exact) mass is 479 g/mol. The topological polar surface area (TPSA) is 46.6 Å². The highest BCUT2D eigenvalue weighted by atomic mass is 127. The van der Waals surface area contributed by atoms with Crippen LogP contribution in [-0.4, -0.2) is 22.2 Å². The molecular formula is C20H18INO3S. The Kier molecular flexibility index (Phi) is 6.03. The van der Waals surface area contributed by atoms with Gasteiger partial charge in [-0.2, -0.15) is 0 Å². The van der Waals surface area contributed by atoms with Crippen molar-refractivity contribution in [2.45, 2.75) is 26.5 Å². The Morgan fingerprint density at radius 1 is 1.12 bits per heavy atom. The molecular weight excluding hydrogens is 461 g/mol. The third-order valence-corrected chi connectivity index (χ3v) is 5.32. The van der Waals surface area contributed by atoms with Crippen LogP contribution in [0, 0.1) is 3.57 Å². The van der Waals surface area contributed by atoms with E-state index in [1.165, 1.54) is 4.90 Å². The fourth-order valence-electron chi connectivity index (χ4n) is 2.51. The van der Waals surface area contributed by atoms with Crippen molar-refractivity contribution in [3.05, 3.63) is 68.1 Å². The minimum Gasteiger partial charge on any atom is -0.490 e. The standard InChI is InChI=1S/C20H18INO3S/c1-13(2)25-17-6-4-3-5-15(17)11-18-19(23)22(20(24)26-18)12-14-7-9-16(21)10-8-14/h3-11,13H,12H2,1-2H3/b18-11-. The Bertz CT molecular complexity index is 862. The van der Waals surface area contributed by atoms with Crippen LogP contribution in [0.1, 0.15) is 25.0 Å². The molecule has 3 rings (SSSR count). The highest BCUT2D eigenvalue weighted by molar-refractivity contribution is 14.1. The second kappa shape index (κ2) is 8.26. The molecule has 0 atom stereocenters. The predicted octanol–water partition coefficient (Wildman–Crippen LogP) is 5.31. The van der Waals surface area contributed by atoms with E-state index in [1.807, 2.05) is 62.4 Å². The van der Waals surface area contributed by atoms with Gasteiger partial charge in [0.05, 0.1) is 17.6 Å². The number of carbonyl (C=O) groups is 2. The number of carbonyl (C=O) groups excluding carboxylic acids is 2. The van der Waals surface area contributed by atoms with Crippen LogP contribution in [0.4, 0.5) is 4.79 Å². The van der Waals surface area contributed by atoms with Gasteiger partial charge in [-0.15, -0.1) is 0 Å². The number of nitrogens with zero attached hydrogens (tertiary/aromatic N) is 1. The zero-order chi connectivity index (χ0) is 18.7. The van der Waals surface area contributed by atoms with Gasteiger partial charge in [-0.05, 0) is 78.0 Å². The van der Waals surface area contributed by atoms with Gasteiger partial charge < -0.3 is 4.74 Å². The summed E-state index contributed by atoms with van der Waals surface area (Å²) in [6, 6.07) is 15.3. The van der Waals surface area contributed by atoms with Crippen LogP contribution in [-0.2, 0) is 11.3 Å². The smallest absolute Gasteiger partial charge is 0.293 e. The molecule has 26 heavy (non-hydrogen) atoms. The van der Waals surface area contributed by atoms with E-state index in [1.54, 1.807) is 6.08 Å². The maximum absolute atomic E-state index is 12.7. The second-order valence-electron chi connectivity index (χ2n) is 6.10. The maximum atomic E-state index is 12.7. The lowest BCUT2D eigenvalue weighted by Gasteiger charge is -2.13. The lowest BCUT2D eigenvalue weighted by molar-refractivity contribution is -0.123. The van der Waals surface area contributed by atoms with E-state index in [4.69, 9.17) is 4.74 Å². The molecule has 2 aromatic carbocycles. The van der Waals surface area contributed by atoms with Gasteiger partial charge in [0.2, 0.25) is 0 Å². The number of halogens is 1. The molecule has 134 valence electrons. The van der Waals surface area contributed by atoms with Crippen LogP contribution in [0.15, 0.2) is 53.4 Å². The number of rotatable bonds is 5. The van der Waals surface area contributed by atoms with Gasteiger partial charge in [-0.1, -0.05) is 30.3 Å².